The van der Waals surface area contributed by atoms with Gasteiger partial charge in [-0.2, -0.15) is 0 Å². The lowest BCUT2D eigenvalue weighted by atomic mass is 10.7. The predicted molar refractivity (Wildman–Crippen MR) is 17.6 cm³/mol. The minimum atomic E-state index is 1.28. The molecule has 0 aromatic carbocycles. The topological polar surface area (TPSA) is 26.0 Å². The standard InChI is InChI=1S/C3H5N/c1-2-3-4/h1-3H,4H2/b3-2-. The second-order valence-corrected chi connectivity index (χ2v) is 0.385. The first kappa shape index (κ1) is 3.54. The molecule has 0 aromatic heterocycles. The quantitative estimate of drug-likeness (QED) is 0.420. The number of rotatable bonds is 0. The molecule has 1 heteroatoms. The fourth-order valence-corrected chi connectivity index (χ4v) is 0. The molecule has 0 aromatic rings. The summed E-state index contributed by atoms with van der Waals surface area (Å²) < 4.78 is 0. The van der Waals surface area contributed by atoms with Crippen LogP contribution in [0, 0.1) is 6.92 Å². The molecular weight excluding hydrogens is 50.0 g/mol. The van der Waals surface area contributed by atoms with E-state index < -0.39 is 0 Å². The highest BCUT2D eigenvalue weighted by Crippen LogP contribution is 1.45. The number of allylic oxidation sites excluding steroid dienone is 1. The van der Waals surface area contributed by atoms with Crippen LogP contribution in [0.25, 0.3) is 0 Å². The minimum absolute atomic E-state index is 1.28. The normalized spacial score (nSPS) is 9.25. The molecule has 0 aliphatic rings. The molecule has 22 valence electrons. The third kappa shape index (κ3) is 1.54. The summed E-state index contributed by atoms with van der Waals surface area (Å²) in [5.41, 5.74) is 4.72. The van der Waals surface area contributed by atoms with Crippen molar-refractivity contribution in [2.75, 3.05) is 0 Å². The van der Waals surface area contributed by atoms with Crippen LogP contribution >= 0.6 is 0 Å². The first-order valence-electron chi connectivity index (χ1n) is 1.00. The molecule has 0 aliphatic heterocycles. The first-order valence-corrected chi connectivity index (χ1v) is 1.00. The summed E-state index contributed by atoms with van der Waals surface area (Å²) >= 11 is 0. The lowest BCUT2D eigenvalue weighted by molar-refractivity contribution is 1.61. The number of nitrogens with two attached hydrogens (primary N) is 1. The van der Waals surface area contributed by atoms with Crippen LogP contribution in [-0.2, 0) is 0 Å². The fourth-order valence-electron chi connectivity index (χ4n) is 0. The van der Waals surface area contributed by atoms with E-state index in [1.807, 2.05) is 0 Å². The van der Waals surface area contributed by atoms with Crippen molar-refractivity contribution in [2.45, 2.75) is 0 Å². The van der Waals surface area contributed by atoms with Crippen LogP contribution in [0.5, 0.6) is 0 Å². The van der Waals surface area contributed by atoms with Crippen molar-refractivity contribution in [3.8, 4) is 0 Å². The van der Waals surface area contributed by atoms with E-state index in [0.29, 0.717) is 0 Å². The molecule has 0 rings (SSSR count). The maximum atomic E-state index is 4.72. The Hall–Kier alpha value is -0.460. The van der Waals surface area contributed by atoms with Crippen molar-refractivity contribution in [2.24, 2.45) is 5.73 Å². The first-order chi connectivity index (χ1) is 1.91. The van der Waals surface area contributed by atoms with Crippen molar-refractivity contribution < 1.29 is 0 Å². The molecular formula is C3H5N. The fraction of sp³-hybridized carbons (Fsp3) is 0. The molecule has 2 N–H and O–H groups in total. The van der Waals surface area contributed by atoms with Gasteiger partial charge in [-0.3, -0.25) is 0 Å². The van der Waals surface area contributed by atoms with Crippen molar-refractivity contribution in [1.82, 2.24) is 0 Å². The van der Waals surface area contributed by atoms with Gasteiger partial charge in [0.25, 0.3) is 0 Å². The summed E-state index contributed by atoms with van der Waals surface area (Å²) in [5.74, 6) is 0. The van der Waals surface area contributed by atoms with Gasteiger partial charge in [0, 0.05) is 0 Å². The average molecular weight is 55.1 g/mol. The van der Waals surface area contributed by atoms with Gasteiger partial charge in [0.05, 0.1) is 0 Å². The van der Waals surface area contributed by atoms with Gasteiger partial charge < -0.3 is 5.73 Å². The van der Waals surface area contributed by atoms with E-state index in [0.717, 1.165) is 0 Å². The SMILES string of the molecule is [CH]/C=C\N. The molecule has 0 aliphatic carbocycles. The third-order valence-electron chi connectivity index (χ3n) is 0.111. The largest absolute Gasteiger partial charge is 0.405 e. The second kappa shape index (κ2) is 2.54. The highest BCUT2D eigenvalue weighted by molar-refractivity contribution is 4.76. The zero-order valence-electron chi connectivity index (χ0n) is 2.31. The van der Waals surface area contributed by atoms with E-state index in [2.05, 4.69) is 0 Å². The molecule has 0 saturated carbocycles. The van der Waals surface area contributed by atoms with Crippen molar-refractivity contribution in [3.63, 3.8) is 0 Å². The van der Waals surface area contributed by atoms with Crippen molar-refractivity contribution >= 4 is 0 Å². The maximum Gasteiger partial charge on any atom is -0.00773 e. The van der Waals surface area contributed by atoms with E-state index in [4.69, 9.17) is 12.7 Å². The molecule has 0 fully saturated rings. The molecule has 4 heavy (non-hydrogen) atoms. The maximum absolute atomic E-state index is 4.72. The molecule has 0 bridgehead atoms. The highest BCUT2D eigenvalue weighted by Gasteiger charge is 1.33. The molecule has 0 heterocycles. The van der Waals surface area contributed by atoms with Gasteiger partial charge in [-0.15, -0.1) is 0 Å². The van der Waals surface area contributed by atoms with Gasteiger partial charge in [0.15, 0.2) is 0 Å². The van der Waals surface area contributed by atoms with Crippen LogP contribution in [-0.4, -0.2) is 0 Å². The van der Waals surface area contributed by atoms with Crippen LogP contribution in [0.3, 0.4) is 0 Å². The summed E-state index contributed by atoms with van der Waals surface area (Å²) in [7, 11) is 0. The molecule has 0 saturated heterocycles. The predicted octanol–water partition coefficient (Wildman–Crippen LogP) is 0.170. The zero-order chi connectivity index (χ0) is 3.41. The molecule has 0 atom stereocenters. The van der Waals surface area contributed by atoms with E-state index in [-0.39, 0.29) is 0 Å². The number of hydrogen-bond donors (Lipinski definition) is 1. The Morgan fingerprint density at radius 2 is 2.00 bits per heavy atom. The molecule has 2 radical (unpaired) electrons. The van der Waals surface area contributed by atoms with E-state index >= 15 is 0 Å². The summed E-state index contributed by atoms with van der Waals surface area (Å²) in [4.78, 5) is 0. The molecule has 0 unspecified atom stereocenters. The Kier molecular flexibility index (Phi) is 2.25. The van der Waals surface area contributed by atoms with E-state index in [1.165, 1.54) is 12.3 Å². The van der Waals surface area contributed by atoms with E-state index in [9.17, 15) is 0 Å². The van der Waals surface area contributed by atoms with Gasteiger partial charge in [-0.25, -0.2) is 0 Å². The zero-order valence-corrected chi connectivity index (χ0v) is 2.31. The third-order valence-corrected chi connectivity index (χ3v) is 0.111. The highest BCUT2D eigenvalue weighted by atomic mass is 14.5. The van der Waals surface area contributed by atoms with Gasteiger partial charge in [0.1, 0.15) is 0 Å². The summed E-state index contributed by atoms with van der Waals surface area (Å²) in [6, 6.07) is 0. The lowest BCUT2D eigenvalue weighted by Crippen LogP contribution is -1.70. The van der Waals surface area contributed by atoms with Crippen LogP contribution in [0.2, 0.25) is 0 Å². The molecule has 0 amide bonds. The summed E-state index contributed by atoms with van der Waals surface area (Å²) in [6.45, 7) is 4.72. The van der Waals surface area contributed by atoms with Crippen molar-refractivity contribution in [1.29, 1.82) is 0 Å². The van der Waals surface area contributed by atoms with Gasteiger partial charge >= 0.3 is 0 Å². The Morgan fingerprint density at radius 3 is 2.00 bits per heavy atom. The van der Waals surface area contributed by atoms with Gasteiger partial charge in [0.2, 0.25) is 0 Å². The average Bonchev–Trinajstić information content (AvgIpc) is 1.37. The van der Waals surface area contributed by atoms with Gasteiger partial charge in [-0.1, -0.05) is 6.08 Å². The lowest BCUT2D eigenvalue weighted by Gasteiger charge is -1.53. The van der Waals surface area contributed by atoms with E-state index in [1.54, 1.807) is 0 Å². The summed E-state index contributed by atoms with van der Waals surface area (Å²) in [5, 5.41) is 0. The molecule has 0 spiro atoms. The van der Waals surface area contributed by atoms with Crippen LogP contribution in [0.4, 0.5) is 0 Å². The Morgan fingerprint density at radius 1 is 1.75 bits per heavy atom. The van der Waals surface area contributed by atoms with Crippen LogP contribution in [0.1, 0.15) is 0 Å². The minimum Gasteiger partial charge on any atom is -0.405 e. The number of hydrogen-bond acceptors (Lipinski definition) is 1. The van der Waals surface area contributed by atoms with Crippen LogP contribution < -0.4 is 5.73 Å². The monoisotopic (exact) mass is 55.0 g/mol. The smallest absolute Gasteiger partial charge is 0.00773 e. The Labute approximate surface area is 26.1 Å². The Bertz CT molecular complexity index is 18.5. The van der Waals surface area contributed by atoms with Crippen LogP contribution in [0.15, 0.2) is 12.3 Å². The van der Waals surface area contributed by atoms with Crippen molar-refractivity contribution in [3.05, 3.63) is 19.2 Å². The second-order valence-electron chi connectivity index (χ2n) is 0.385. The molecule has 1 nitrogen and oxygen atoms in total. The Balaban J connectivity index is 2.55. The summed E-state index contributed by atoms with van der Waals surface area (Å²) in [6.07, 6.45) is 2.56. The van der Waals surface area contributed by atoms with Gasteiger partial charge in [-0.05, 0) is 13.1 Å².